The summed E-state index contributed by atoms with van der Waals surface area (Å²) >= 11 is 1.38. The number of halogens is 1. The van der Waals surface area contributed by atoms with Gasteiger partial charge in [-0.25, -0.2) is 9.37 Å². The molecule has 2 aromatic heterocycles. The highest BCUT2D eigenvalue weighted by atomic mass is 32.2. The minimum absolute atomic E-state index is 0.159. The van der Waals surface area contributed by atoms with Gasteiger partial charge in [-0.2, -0.15) is 5.26 Å². The number of carbonyl (C=O) groups excluding carboxylic acids is 1. The maximum Gasteiger partial charge on any atom is 0.235 e. The number of hydrogen-bond acceptors (Lipinski definition) is 5. The van der Waals surface area contributed by atoms with Gasteiger partial charge in [0.05, 0.1) is 29.7 Å². The molecule has 1 aliphatic heterocycles. The molecular formula is C26H30FN5O2S. The molecule has 1 amide bonds. The van der Waals surface area contributed by atoms with Gasteiger partial charge in [0.2, 0.25) is 5.91 Å². The van der Waals surface area contributed by atoms with Gasteiger partial charge in [0.15, 0.2) is 5.16 Å². The highest BCUT2D eigenvalue weighted by Gasteiger charge is 2.23. The third-order valence-corrected chi connectivity index (χ3v) is 7.59. The van der Waals surface area contributed by atoms with E-state index < -0.39 is 0 Å². The number of nitriles is 1. The van der Waals surface area contributed by atoms with Gasteiger partial charge in [0.1, 0.15) is 17.7 Å². The molecule has 1 atom stereocenters. The van der Waals surface area contributed by atoms with Gasteiger partial charge in [-0.15, -0.1) is 0 Å². The van der Waals surface area contributed by atoms with E-state index in [-0.39, 0.29) is 23.6 Å². The van der Waals surface area contributed by atoms with Crippen LogP contribution in [0.1, 0.15) is 46.6 Å². The predicted octanol–water partition coefficient (Wildman–Crippen LogP) is 4.89. The molecular weight excluding hydrogens is 465 g/mol. The molecule has 0 saturated carbocycles. The first-order chi connectivity index (χ1) is 16.8. The highest BCUT2D eigenvalue weighted by molar-refractivity contribution is 7.99. The van der Waals surface area contributed by atoms with E-state index in [2.05, 4.69) is 20.9 Å². The second-order valence-electron chi connectivity index (χ2n) is 8.91. The van der Waals surface area contributed by atoms with Crippen molar-refractivity contribution in [3.8, 4) is 6.07 Å². The Morgan fingerprint density at radius 3 is 2.63 bits per heavy atom. The molecule has 1 unspecified atom stereocenters. The fraction of sp³-hybridized carbons (Fsp3) is 0.423. The molecule has 1 aromatic carbocycles. The molecule has 1 fully saturated rings. The summed E-state index contributed by atoms with van der Waals surface area (Å²) in [6.07, 6.45) is 2.27. The lowest BCUT2D eigenvalue weighted by atomic mass is 10.2. The van der Waals surface area contributed by atoms with Crippen LogP contribution >= 0.6 is 11.8 Å². The number of amides is 1. The van der Waals surface area contributed by atoms with E-state index in [1.807, 2.05) is 32.3 Å². The molecule has 0 spiro atoms. The van der Waals surface area contributed by atoms with Gasteiger partial charge in [-0.1, -0.05) is 23.9 Å². The van der Waals surface area contributed by atoms with E-state index in [0.29, 0.717) is 17.9 Å². The van der Waals surface area contributed by atoms with Gasteiger partial charge in [0.25, 0.3) is 0 Å². The summed E-state index contributed by atoms with van der Waals surface area (Å²) in [6.45, 7) is 9.73. The van der Waals surface area contributed by atoms with E-state index in [0.717, 1.165) is 59.4 Å². The zero-order valence-corrected chi connectivity index (χ0v) is 21.3. The number of anilines is 1. The third kappa shape index (κ3) is 5.44. The number of carbonyl (C=O) groups is 1. The summed E-state index contributed by atoms with van der Waals surface area (Å²) in [7, 11) is 0. The minimum Gasteiger partial charge on any atom is -0.376 e. The van der Waals surface area contributed by atoms with Crippen LogP contribution in [0.5, 0.6) is 0 Å². The Hall–Kier alpha value is -3.09. The van der Waals surface area contributed by atoms with Crippen LogP contribution in [-0.2, 0) is 22.6 Å². The quantitative estimate of drug-likeness (QED) is 0.450. The summed E-state index contributed by atoms with van der Waals surface area (Å²) < 4.78 is 23.2. The first-order valence-corrected chi connectivity index (χ1v) is 12.7. The Morgan fingerprint density at radius 2 is 1.97 bits per heavy atom. The number of rotatable bonds is 8. The molecule has 1 saturated heterocycles. The Bertz CT molecular complexity index is 1270. The van der Waals surface area contributed by atoms with Crippen molar-refractivity contribution in [2.75, 3.05) is 17.7 Å². The van der Waals surface area contributed by atoms with Crippen molar-refractivity contribution < 1.29 is 13.9 Å². The summed E-state index contributed by atoms with van der Waals surface area (Å²) in [5.41, 5.74) is 5.03. The molecule has 35 heavy (non-hydrogen) atoms. The van der Waals surface area contributed by atoms with E-state index in [1.54, 1.807) is 12.1 Å². The molecule has 3 heterocycles. The number of nitrogens with zero attached hydrogens (tertiary/aromatic N) is 4. The second-order valence-corrected chi connectivity index (χ2v) is 9.85. The van der Waals surface area contributed by atoms with Crippen LogP contribution in [0.25, 0.3) is 0 Å². The van der Waals surface area contributed by atoms with Gasteiger partial charge in [0, 0.05) is 24.5 Å². The van der Waals surface area contributed by atoms with Gasteiger partial charge < -0.3 is 19.2 Å². The number of benzene rings is 1. The Kier molecular flexibility index (Phi) is 7.63. The topological polar surface area (TPSA) is 84.9 Å². The lowest BCUT2D eigenvalue weighted by Crippen LogP contribution is -2.20. The van der Waals surface area contributed by atoms with E-state index in [1.165, 1.54) is 23.9 Å². The molecule has 4 rings (SSSR count). The van der Waals surface area contributed by atoms with Crippen molar-refractivity contribution >= 4 is 23.5 Å². The summed E-state index contributed by atoms with van der Waals surface area (Å²) in [4.78, 5) is 17.7. The standard InChI is InChI=1S/C26H30FN5O2S/c1-16-18(3)31(13-20-7-9-21(27)10-8-20)25(23(16)12-28)30-24(33)15-35-26-29-17(2)19(4)32(26)14-22-6-5-11-34-22/h7-10,22H,5-6,11,13-15H2,1-4H3,(H,30,33). The average molecular weight is 496 g/mol. The van der Waals surface area contributed by atoms with Crippen LogP contribution in [0.15, 0.2) is 29.4 Å². The van der Waals surface area contributed by atoms with Crippen LogP contribution in [0.4, 0.5) is 10.2 Å². The Morgan fingerprint density at radius 1 is 1.23 bits per heavy atom. The Balaban J connectivity index is 1.50. The van der Waals surface area contributed by atoms with Crippen LogP contribution in [0, 0.1) is 44.8 Å². The van der Waals surface area contributed by atoms with Crippen molar-refractivity contribution in [3.05, 3.63) is 63.9 Å². The molecule has 184 valence electrons. The van der Waals surface area contributed by atoms with Gasteiger partial charge >= 0.3 is 0 Å². The van der Waals surface area contributed by atoms with Crippen molar-refractivity contribution in [1.82, 2.24) is 14.1 Å². The monoisotopic (exact) mass is 495 g/mol. The lowest BCUT2D eigenvalue weighted by molar-refractivity contribution is -0.113. The van der Waals surface area contributed by atoms with Gasteiger partial charge in [-0.3, -0.25) is 4.79 Å². The van der Waals surface area contributed by atoms with E-state index in [9.17, 15) is 14.4 Å². The molecule has 1 N–H and O–H groups in total. The van der Waals surface area contributed by atoms with Crippen LogP contribution < -0.4 is 5.32 Å². The molecule has 7 nitrogen and oxygen atoms in total. The van der Waals surface area contributed by atoms with Crippen LogP contribution in [-0.4, -0.2) is 38.5 Å². The molecule has 0 aliphatic carbocycles. The predicted molar refractivity (Wildman–Crippen MR) is 134 cm³/mol. The summed E-state index contributed by atoms with van der Waals surface area (Å²) in [5.74, 6) is 0.103. The number of nitrogens with one attached hydrogen (secondary N) is 1. The molecule has 9 heteroatoms. The summed E-state index contributed by atoms with van der Waals surface area (Å²) in [6, 6.07) is 8.45. The van der Waals surface area contributed by atoms with E-state index >= 15 is 0 Å². The zero-order valence-electron chi connectivity index (χ0n) is 20.5. The molecule has 1 aliphatic rings. The summed E-state index contributed by atoms with van der Waals surface area (Å²) in [5, 5.41) is 13.5. The van der Waals surface area contributed by atoms with Crippen molar-refractivity contribution in [3.63, 3.8) is 0 Å². The minimum atomic E-state index is -0.305. The SMILES string of the molecule is Cc1nc(SCC(=O)Nc2c(C#N)c(C)c(C)n2Cc2ccc(F)cc2)n(CC2CCCO2)c1C. The fourth-order valence-corrected chi connectivity index (χ4v) is 5.24. The van der Waals surface area contributed by atoms with Crippen molar-refractivity contribution in [1.29, 1.82) is 5.26 Å². The van der Waals surface area contributed by atoms with Crippen molar-refractivity contribution in [2.24, 2.45) is 0 Å². The first kappa shape index (κ1) is 25.0. The maximum absolute atomic E-state index is 13.3. The van der Waals surface area contributed by atoms with E-state index in [4.69, 9.17) is 4.74 Å². The normalized spacial score (nSPS) is 15.4. The van der Waals surface area contributed by atoms with Crippen LogP contribution in [0.3, 0.4) is 0 Å². The van der Waals surface area contributed by atoms with Crippen LogP contribution in [0.2, 0.25) is 0 Å². The van der Waals surface area contributed by atoms with Crippen molar-refractivity contribution in [2.45, 2.75) is 64.9 Å². The number of aromatic nitrogens is 3. The number of aryl methyl sites for hydroxylation is 1. The highest BCUT2D eigenvalue weighted by Crippen LogP contribution is 2.29. The number of imidazole rings is 1. The Labute approximate surface area is 209 Å². The number of ether oxygens (including phenoxy) is 1. The largest absolute Gasteiger partial charge is 0.376 e. The lowest BCUT2D eigenvalue weighted by Gasteiger charge is -2.15. The fourth-order valence-electron chi connectivity index (χ4n) is 4.34. The number of hydrogen-bond donors (Lipinski definition) is 1. The first-order valence-electron chi connectivity index (χ1n) is 11.7. The maximum atomic E-state index is 13.3. The molecule has 3 aromatic rings. The smallest absolute Gasteiger partial charge is 0.235 e. The zero-order chi connectivity index (χ0) is 25.1. The molecule has 0 radical (unpaired) electrons. The molecule has 0 bridgehead atoms. The van der Waals surface area contributed by atoms with Gasteiger partial charge in [-0.05, 0) is 63.8 Å². The average Bonchev–Trinajstić information content (AvgIpc) is 3.50. The number of thioether (sulfide) groups is 1. The second kappa shape index (κ2) is 10.7. The third-order valence-electron chi connectivity index (χ3n) is 6.62.